The van der Waals surface area contributed by atoms with Gasteiger partial charge < -0.3 is 4.74 Å². The smallest absolute Gasteiger partial charge is 0.234 e. The van der Waals surface area contributed by atoms with Gasteiger partial charge in [0.2, 0.25) is 5.95 Å². The Kier molecular flexibility index (Phi) is 6.13. The lowest BCUT2D eigenvalue weighted by molar-refractivity contribution is 0.0335. The largest absolute Gasteiger partial charge is 0.379 e. The summed E-state index contributed by atoms with van der Waals surface area (Å²) in [6.07, 6.45) is 6.59. The van der Waals surface area contributed by atoms with Crippen LogP contribution in [0.4, 0.5) is 0 Å². The third-order valence-corrected chi connectivity index (χ3v) is 7.23. The number of aromatic nitrogens is 3. The fourth-order valence-corrected chi connectivity index (χ4v) is 5.42. The molecule has 0 saturated carbocycles. The van der Waals surface area contributed by atoms with E-state index in [1.54, 1.807) is 0 Å². The SMILES string of the molecule is c1ccc(CCc2nc(-n3c(CN4CCOCC4)cc4ccccc43)nc3c2CCCC3)cc1. The molecule has 1 saturated heterocycles. The van der Waals surface area contributed by atoms with Crippen molar-refractivity contribution in [1.29, 1.82) is 0 Å². The highest BCUT2D eigenvalue weighted by atomic mass is 16.5. The Labute approximate surface area is 201 Å². The van der Waals surface area contributed by atoms with Crippen molar-refractivity contribution in [2.24, 2.45) is 0 Å². The number of fused-ring (bicyclic) bond motifs is 2. The molecule has 5 heteroatoms. The van der Waals surface area contributed by atoms with Crippen molar-refractivity contribution in [1.82, 2.24) is 19.4 Å². The quantitative estimate of drug-likeness (QED) is 0.417. The maximum Gasteiger partial charge on any atom is 0.234 e. The summed E-state index contributed by atoms with van der Waals surface area (Å²) in [5.74, 6) is 0.841. The molecule has 0 unspecified atom stereocenters. The molecule has 0 radical (unpaired) electrons. The Balaban J connectivity index is 1.42. The van der Waals surface area contributed by atoms with E-state index in [4.69, 9.17) is 14.7 Å². The summed E-state index contributed by atoms with van der Waals surface area (Å²) in [4.78, 5) is 12.9. The van der Waals surface area contributed by atoms with Crippen LogP contribution in [0.5, 0.6) is 0 Å². The Morgan fingerprint density at radius 3 is 2.50 bits per heavy atom. The number of nitrogens with zero attached hydrogens (tertiary/aromatic N) is 4. The number of ether oxygens (including phenoxy) is 1. The van der Waals surface area contributed by atoms with Crippen molar-refractivity contribution in [2.75, 3.05) is 26.3 Å². The van der Waals surface area contributed by atoms with Crippen LogP contribution in [-0.2, 0) is 37.0 Å². The van der Waals surface area contributed by atoms with Crippen molar-refractivity contribution in [2.45, 2.75) is 45.1 Å². The minimum atomic E-state index is 0.805. The molecule has 2 aromatic heterocycles. The molecule has 2 aromatic carbocycles. The number of hydrogen-bond acceptors (Lipinski definition) is 4. The van der Waals surface area contributed by atoms with E-state index in [1.807, 2.05) is 0 Å². The van der Waals surface area contributed by atoms with Crippen molar-refractivity contribution in [3.63, 3.8) is 0 Å². The lowest BCUT2D eigenvalue weighted by Crippen LogP contribution is -2.36. The Morgan fingerprint density at radius 1 is 0.824 bits per heavy atom. The molecule has 0 bridgehead atoms. The predicted molar refractivity (Wildman–Crippen MR) is 135 cm³/mol. The van der Waals surface area contributed by atoms with Crippen molar-refractivity contribution >= 4 is 10.9 Å². The van der Waals surface area contributed by atoms with Gasteiger partial charge in [0.05, 0.1) is 18.7 Å². The van der Waals surface area contributed by atoms with Gasteiger partial charge in [-0.2, -0.15) is 0 Å². The maximum absolute atomic E-state index is 5.58. The number of morpholine rings is 1. The zero-order valence-electron chi connectivity index (χ0n) is 19.7. The van der Waals surface area contributed by atoms with E-state index in [1.165, 1.54) is 52.0 Å². The zero-order chi connectivity index (χ0) is 22.7. The second-order valence-electron chi connectivity index (χ2n) is 9.51. The molecule has 2 aliphatic rings. The second kappa shape index (κ2) is 9.69. The van der Waals surface area contributed by atoms with Gasteiger partial charge in [-0.25, -0.2) is 9.97 Å². The van der Waals surface area contributed by atoms with Crippen LogP contribution in [0.2, 0.25) is 0 Å². The van der Waals surface area contributed by atoms with Gasteiger partial charge in [0.15, 0.2) is 0 Å². The van der Waals surface area contributed by atoms with Crippen LogP contribution in [0.25, 0.3) is 16.9 Å². The molecule has 1 aliphatic heterocycles. The Bertz CT molecular complexity index is 1270. The topological polar surface area (TPSA) is 43.2 Å². The van der Waals surface area contributed by atoms with E-state index in [9.17, 15) is 0 Å². The number of hydrogen-bond donors (Lipinski definition) is 0. The van der Waals surface area contributed by atoms with Gasteiger partial charge >= 0.3 is 0 Å². The summed E-state index contributed by atoms with van der Waals surface area (Å²) in [5.41, 5.74) is 7.71. The average Bonchev–Trinajstić information content (AvgIpc) is 3.26. The number of para-hydroxylation sites is 1. The fourth-order valence-electron chi connectivity index (χ4n) is 5.42. The molecule has 1 fully saturated rings. The zero-order valence-corrected chi connectivity index (χ0v) is 19.7. The van der Waals surface area contributed by atoms with Crippen LogP contribution in [0.1, 0.15) is 41.1 Å². The van der Waals surface area contributed by atoms with E-state index in [-0.39, 0.29) is 0 Å². The molecule has 1 aliphatic carbocycles. The number of rotatable bonds is 6. The molecule has 3 heterocycles. The summed E-state index contributed by atoms with van der Waals surface area (Å²) >= 11 is 0. The van der Waals surface area contributed by atoms with E-state index >= 15 is 0 Å². The van der Waals surface area contributed by atoms with Gasteiger partial charge in [0.25, 0.3) is 0 Å². The van der Waals surface area contributed by atoms with Crippen LogP contribution >= 0.6 is 0 Å². The van der Waals surface area contributed by atoms with Crippen molar-refractivity contribution in [3.05, 3.63) is 88.9 Å². The lowest BCUT2D eigenvalue weighted by Gasteiger charge is -2.27. The first-order chi connectivity index (χ1) is 16.8. The van der Waals surface area contributed by atoms with Gasteiger partial charge in [-0.15, -0.1) is 0 Å². The summed E-state index contributed by atoms with van der Waals surface area (Å²) in [7, 11) is 0. The third kappa shape index (κ3) is 4.38. The van der Waals surface area contributed by atoms with Crippen LogP contribution in [0.3, 0.4) is 0 Å². The van der Waals surface area contributed by atoms with Gasteiger partial charge in [0.1, 0.15) is 0 Å². The first kappa shape index (κ1) is 21.5. The molecule has 4 aromatic rings. The highest BCUT2D eigenvalue weighted by Crippen LogP contribution is 2.28. The van der Waals surface area contributed by atoms with Crippen molar-refractivity contribution < 1.29 is 4.74 Å². The molecule has 0 amide bonds. The normalized spacial score (nSPS) is 16.6. The van der Waals surface area contributed by atoms with Gasteiger partial charge in [0, 0.05) is 42.1 Å². The van der Waals surface area contributed by atoms with Gasteiger partial charge in [-0.1, -0.05) is 48.5 Å². The first-order valence-electron chi connectivity index (χ1n) is 12.7. The molecular weight excluding hydrogens is 420 g/mol. The first-order valence-corrected chi connectivity index (χ1v) is 12.7. The molecule has 174 valence electrons. The molecule has 5 nitrogen and oxygen atoms in total. The van der Waals surface area contributed by atoms with Crippen LogP contribution in [-0.4, -0.2) is 45.7 Å². The van der Waals surface area contributed by atoms with Crippen LogP contribution < -0.4 is 0 Å². The van der Waals surface area contributed by atoms with Gasteiger partial charge in [-0.3, -0.25) is 9.47 Å². The van der Waals surface area contributed by atoms with E-state index < -0.39 is 0 Å². The summed E-state index contributed by atoms with van der Waals surface area (Å²) < 4.78 is 7.89. The highest BCUT2D eigenvalue weighted by molar-refractivity contribution is 5.82. The molecule has 34 heavy (non-hydrogen) atoms. The summed E-state index contributed by atoms with van der Waals surface area (Å²) in [6, 6.07) is 21.7. The van der Waals surface area contributed by atoms with Gasteiger partial charge in [-0.05, 0) is 61.8 Å². The molecule has 6 rings (SSSR count). The molecule has 0 spiro atoms. The fraction of sp³-hybridized carbons (Fsp3) is 0.379. The van der Waals surface area contributed by atoms with E-state index in [2.05, 4.69) is 70.1 Å². The van der Waals surface area contributed by atoms with Crippen molar-refractivity contribution in [3.8, 4) is 5.95 Å². The van der Waals surface area contributed by atoms with Crippen LogP contribution in [0.15, 0.2) is 60.7 Å². The molecule has 0 N–H and O–H groups in total. The minimum absolute atomic E-state index is 0.805. The lowest BCUT2D eigenvalue weighted by atomic mass is 9.92. The van der Waals surface area contributed by atoms with E-state index in [0.717, 1.165) is 64.5 Å². The number of aryl methyl sites for hydroxylation is 3. The third-order valence-electron chi connectivity index (χ3n) is 7.23. The Hall–Kier alpha value is -3.02. The second-order valence-corrected chi connectivity index (χ2v) is 9.51. The number of benzene rings is 2. The standard InChI is InChI=1S/C29H32N4O/c1-2-8-22(9-3-1)14-15-27-25-11-5-6-12-26(25)30-29(31-27)33-24(21-32-16-18-34-19-17-32)20-23-10-4-7-13-28(23)33/h1-4,7-10,13,20H,5-6,11-12,14-19,21H2. The average molecular weight is 453 g/mol. The summed E-state index contributed by atoms with van der Waals surface area (Å²) in [6.45, 7) is 4.43. The molecule has 0 atom stereocenters. The summed E-state index contributed by atoms with van der Waals surface area (Å²) in [5, 5.41) is 1.25. The maximum atomic E-state index is 5.58. The predicted octanol–water partition coefficient (Wildman–Crippen LogP) is 4.92. The van der Waals surface area contributed by atoms with E-state index in [0.29, 0.717) is 0 Å². The monoisotopic (exact) mass is 452 g/mol. The van der Waals surface area contributed by atoms with Crippen LogP contribution in [0, 0.1) is 0 Å². The Morgan fingerprint density at radius 2 is 1.62 bits per heavy atom. The molecular formula is C29H32N4O. The highest BCUT2D eigenvalue weighted by Gasteiger charge is 2.22. The minimum Gasteiger partial charge on any atom is -0.379 e.